The van der Waals surface area contributed by atoms with Gasteiger partial charge in [-0.1, -0.05) is 54.6 Å². The van der Waals surface area contributed by atoms with Crippen LogP contribution >= 0.6 is 12.4 Å². The molecule has 1 fully saturated rings. The molecule has 2 aromatic heterocycles. The van der Waals surface area contributed by atoms with Gasteiger partial charge in [-0.2, -0.15) is 0 Å². The second-order valence-electron chi connectivity index (χ2n) is 8.72. The molecule has 0 saturated heterocycles. The van der Waals surface area contributed by atoms with Crippen molar-refractivity contribution in [3.63, 3.8) is 0 Å². The second kappa shape index (κ2) is 9.50. The lowest BCUT2D eigenvalue weighted by molar-refractivity contribution is 0.253. The minimum absolute atomic E-state index is 0. The SMILES string of the molecule is CCN(CC)c1ccc2nc(-c3ccc(C4(N)CCC4)cc3)c(-c3ccccc3)cc2n1.Cl. The minimum atomic E-state index is -0.150. The number of rotatable bonds is 6. The maximum absolute atomic E-state index is 6.54. The van der Waals surface area contributed by atoms with Crippen molar-refractivity contribution in [1.29, 1.82) is 0 Å². The highest BCUT2D eigenvalue weighted by Crippen LogP contribution is 2.40. The van der Waals surface area contributed by atoms with E-state index in [4.69, 9.17) is 15.7 Å². The number of nitrogens with two attached hydrogens (primary N) is 1. The predicted octanol–water partition coefficient (Wildman–Crippen LogP) is 6.57. The van der Waals surface area contributed by atoms with Crippen LogP contribution in [-0.4, -0.2) is 23.1 Å². The zero-order valence-corrected chi connectivity index (χ0v) is 20.1. The van der Waals surface area contributed by atoms with Crippen molar-refractivity contribution in [1.82, 2.24) is 9.97 Å². The number of pyridine rings is 2. The van der Waals surface area contributed by atoms with Gasteiger partial charge >= 0.3 is 0 Å². The van der Waals surface area contributed by atoms with E-state index in [-0.39, 0.29) is 17.9 Å². The average molecular weight is 459 g/mol. The fourth-order valence-electron chi connectivity index (χ4n) is 4.63. The van der Waals surface area contributed by atoms with Crippen molar-refractivity contribution in [3.8, 4) is 22.4 Å². The number of anilines is 1. The molecular weight excluding hydrogens is 428 g/mol. The van der Waals surface area contributed by atoms with Crippen molar-refractivity contribution < 1.29 is 0 Å². The molecule has 2 aromatic carbocycles. The average Bonchev–Trinajstić information content (AvgIpc) is 2.83. The number of hydrogen-bond donors (Lipinski definition) is 1. The number of fused-ring (bicyclic) bond motifs is 1. The summed E-state index contributed by atoms with van der Waals surface area (Å²) in [7, 11) is 0. The number of aromatic nitrogens is 2. The van der Waals surface area contributed by atoms with Crippen LogP contribution in [0.3, 0.4) is 0 Å². The smallest absolute Gasteiger partial charge is 0.129 e. The molecule has 1 aliphatic rings. The first-order chi connectivity index (χ1) is 15.6. The van der Waals surface area contributed by atoms with Gasteiger partial charge in [-0.3, -0.25) is 0 Å². The molecule has 2 N–H and O–H groups in total. The molecule has 4 nitrogen and oxygen atoms in total. The lowest BCUT2D eigenvalue weighted by atomic mass is 9.72. The third kappa shape index (κ3) is 4.33. The standard InChI is InChI=1S/C28H30N4.ClH/c1-3-32(4-2)26-16-15-24-25(30-26)19-23(20-9-6-5-7-10-20)27(31-24)21-11-13-22(14-12-21)28(29)17-8-18-28;/h5-7,9-16,19H,3-4,8,17-18,29H2,1-2H3;1H. The molecule has 0 aliphatic heterocycles. The first kappa shape index (κ1) is 23.2. The van der Waals surface area contributed by atoms with E-state index in [1.54, 1.807) is 0 Å². The summed E-state index contributed by atoms with van der Waals surface area (Å²) in [5, 5.41) is 0. The summed E-state index contributed by atoms with van der Waals surface area (Å²) < 4.78 is 0. The van der Waals surface area contributed by atoms with E-state index in [1.807, 2.05) is 6.07 Å². The molecule has 0 atom stereocenters. The van der Waals surface area contributed by atoms with Gasteiger partial charge in [0.15, 0.2) is 0 Å². The fraction of sp³-hybridized carbons (Fsp3) is 0.286. The Hall–Kier alpha value is -2.95. The minimum Gasteiger partial charge on any atom is -0.357 e. The van der Waals surface area contributed by atoms with E-state index in [0.717, 1.165) is 65.2 Å². The Kier molecular flexibility index (Phi) is 6.68. The molecule has 0 unspecified atom stereocenters. The summed E-state index contributed by atoms with van der Waals surface area (Å²) in [6.07, 6.45) is 3.35. The Morgan fingerprint density at radius 2 is 1.52 bits per heavy atom. The maximum atomic E-state index is 6.54. The first-order valence-electron chi connectivity index (χ1n) is 11.6. The highest BCUT2D eigenvalue weighted by molar-refractivity contribution is 5.90. The van der Waals surface area contributed by atoms with Gasteiger partial charge in [0.25, 0.3) is 0 Å². The molecule has 33 heavy (non-hydrogen) atoms. The van der Waals surface area contributed by atoms with Gasteiger partial charge in [0.05, 0.1) is 16.7 Å². The van der Waals surface area contributed by atoms with E-state index >= 15 is 0 Å². The summed E-state index contributed by atoms with van der Waals surface area (Å²) in [5.74, 6) is 0.995. The van der Waals surface area contributed by atoms with Gasteiger partial charge in [0.1, 0.15) is 5.82 Å². The summed E-state index contributed by atoms with van der Waals surface area (Å²) in [6, 6.07) is 25.5. The van der Waals surface area contributed by atoms with Crippen LogP contribution in [-0.2, 0) is 5.54 Å². The van der Waals surface area contributed by atoms with Gasteiger partial charge in [-0.15, -0.1) is 12.4 Å². The molecule has 2 heterocycles. The van der Waals surface area contributed by atoms with E-state index in [2.05, 4.69) is 85.5 Å². The van der Waals surface area contributed by atoms with Gasteiger partial charge in [-0.05, 0) is 62.4 Å². The Balaban J connectivity index is 0.00000259. The zero-order valence-electron chi connectivity index (χ0n) is 19.3. The largest absolute Gasteiger partial charge is 0.357 e. The summed E-state index contributed by atoms with van der Waals surface area (Å²) in [6.45, 7) is 6.18. The van der Waals surface area contributed by atoms with Crippen LogP contribution < -0.4 is 10.6 Å². The monoisotopic (exact) mass is 458 g/mol. The van der Waals surface area contributed by atoms with Gasteiger partial charge in [0, 0.05) is 29.8 Å². The normalized spacial score (nSPS) is 14.4. The molecule has 1 aliphatic carbocycles. The van der Waals surface area contributed by atoms with E-state index < -0.39 is 0 Å². The summed E-state index contributed by atoms with van der Waals surface area (Å²) >= 11 is 0. The van der Waals surface area contributed by atoms with E-state index in [9.17, 15) is 0 Å². The third-order valence-corrected chi connectivity index (χ3v) is 6.81. The highest BCUT2D eigenvalue weighted by Gasteiger charge is 2.34. The zero-order chi connectivity index (χ0) is 22.1. The van der Waals surface area contributed by atoms with Gasteiger partial charge in [0.2, 0.25) is 0 Å². The quantitative estimate of drug-likeness (QED) is 0.355. The van der Waals surface area contributed by atoms with Crippen LogP contribution in [0.2, 0.25) is 0 Å². The molecule has 5 heteroatoms. The molecular formula is C28H31ClN4. The Morgan fingerprint density at radius 3 is 2.12 bits per heavy atom. The van der Waals surface area contributed by atoms with E-state index in [0.29, 0.717) is 0 Å². The van der Waals surface area contributed by atoms with E-state index in [1.165, 1.54) is 12.0 Å². The van der Waals surface area contributed by atoms with Crippen LogP contribution in [0.25, 0.3) is 33.4 Å². The summed E-state index contributed by atoms with van der Waals surface area (Å²) in [5.41, 5.74) is 13.8. The van der Waals surface area contributed by atoms with Crippen LogP contribution in [0.1, 0.15) is 38.7 Å². The fourth-order valence-corrected chi connectivity index (χ4v) is 4.63. The lowest BCUT2D eigenvalue weighted by Crippen LogP contribution is -2.43. The molecule has 170 valence electrons. The number of halogens is 1. The lowest BCUT2D eigenvalue weighted by Gasteiger charge is -2.38. The molecule has 1 saturated carbocycles. The molecule has 0 bridgehead atoms. The van der Waals surface area contributed by atoms with Crippen molar-refractivity contribution in [2.24, 2.45) is 5.73 Å². The van der Waals surface area contributed by atoms with Gasteiger partial charge < -0.3 is 10.6 Å². The number of nitrogens with zero attached hydrogens (tertiary/aromatic N) is 3. The van der Waals surface area contributed by atoms with Crippen LogP contribution in [0.4, 0.5) is 5.82 Å². The topological polar surface area (TPSA) is 55.0 Å². The predicted molar refractivity (Wildman–Crippen MR) is 141 cm³/mol. The van der Waals surface area contributed by atoms with Crippen LogP contribution in [0.5, 0.6) is 0 Å². The third-order valence-electron chi connectivity index (χ3n) is 6.81. The Labute approximate surface area is 202 Å². The highest BCUT2D eigenvalue weighted by atomic mass is 35.5. The Morgan fingerprint density at radius 1 is 0.818 bits per heavy atom. The molecule has 5 rings (SSSR count). The van der Waals surface area contributed by atoms with Crippen molar-refractivity contribution in [3.05, 3.63) is 78.4 Å². The van der Waals surface area contributed by atoms with Gasteiger partial charge in [-0.25, -0.2) is 9.97 Å². The molecule has 0 spiro atoms. The van der Waals surface area contributed by atoms with Crippen molar-refractivity contribution >= 4 is 29.3 Å². The second-order valence-corrected chi connectivity index (χ2v) is 8.72. The maximum Gasteiger partial charge on any atom is 0.129 e. The molecule has 4 aromatic rings. The molecule has 0 radical (unpaired) electrons. The molecule has 0 amide bonds. The summed E-state index contributed by atoms with van der Waals surface area (Å²) in [4.78, 5) is 12.3. The number of benzene rings is 2. The van der Waals surface area contributed by atoms with Crippen molar-refractivity contribution in [2.75, 3.05) is 18.0 Å². The van der Waals surface area contributed by atoms with Crippen LogP contribution in [0.15, 0.2) is 72.8 Å². The van der Waals surface area contributed by atoms with Crippen LogP contribution in [0, 0.1) is 0 Å². The number of hydrogen-bond acceptors (Lipinski definition) is 4. The first-order valence-corrected chi connectivity index (χ1v) is 11.6. The Bertz CT molecular complexity index is 1230. The van der Waals surface area contributed by atoms with Crippen molar-refractivity contribution in [2.45, 2.75) is 38.6 Å².